The first-order valence-corrected chi connectivity index (χ1v) is 6.69. The Kier molecular flexibility index (Phi) is 2.29. The number of carbonyl (C=O) groups excluding carboxylic acids is 1. The Morgan fingerprint density at radius 3 is 2.63 bits per heavy atom. The summed E-state index contributed by atoms with van der Waals surface area (Å²) in [7, 11) is 0. The van der Waals surface area contributed by atoms with Gasteiger partial charge >= 0.3 is 5.97 Å². The number of hydrogen-bond donors (Lipinski definition) is 1. The van der Waals surface area contributed by atoms with Gasteiger partial charge in [-0.3, -0.25) is 4.79 Å². The lowest BCUT2D eigenvalue weighted by Gasteiger charge is -2.46. The highest BCUT2D eigenvalue weighted by atomic mass is 16.5. The number of hydrogen-bond acceptors (Lipinski definition) is 3. The van der Waals surface area contributed by atoms with Crippen molar-refractivity contribution in [2.75, 3.05) is 6.61 Å². The van der Waals surface area contributed by atoms with Crippen molar-refractivity contribution in [2.24, 2.45) is 10.8 Å². The summed E-state index contributed by atoms with van der Waals surface area (Å²) in [6, 6.07) is 0. The first-order chi connectivity index (χ1) is 8.81. The van der Waals surface area contributed by atoms with Crippen molar-refractivity contribution in [1.82, 2.24) is 0 Å². The minimum Gasteiger partial charge on any atom is -0.489 e. The summed E-state index contributed by atoms with van der Waals surface area (Å²) in [5.41, 5.74) is 1.20. The fourth-order valence-electron chi connectivity index (χ4n) is 4.09. The van der Waals surface area contributed by atoms with Crippen molar-refractivity contribution in [2.45, 2.75) is 40.0 Å². The lowest BCUT2D eigenvalue weighted by atomic mass is 9.55. The van der Waals surface area contributed by atoms with E-state index in [9.17, 15) is 14.7 Å². The van der Waals surface area contributed by atoms with Crippen LogP contribution in [0.25, 0.3) is 0 Å². The predicted molar refractivity (Wildman–Crippen MR) is 68.4 cm³/mol. The monoisotopic (exact) mass is 262 g/mol. The molecule has 102 valence electrons. The molecule has 19 heavy (non-hydrogen) atoms. The number of ketones is 1. The summed E-state index contributed by atoms with van der Waals surface area (Å²) < 4.78 is 5.61. The SMILES string of the molecule is CC1=C(C(=O)O)C(=O)C2=C3[C@@](C)(CCC[C@]13C)CO2. The summed E-state index contributed by atoms with van der Waals surface area (Å²) in [4.78, 5) is 23.7. The molecule has 0 unspecified atom stereocenters. The molecule has 0 bridgehead atoms. The average Bonchev–Trinajstić information content (AvgIpc) is 2.66. The molecule has 4 heteroatoms. The van der Waals surface area contributed by atoms with Crippen molar-refractivity contribution >= 4 is 11.8 Å². The van der Waals surface area contributed by atoms with Crippen LogP contribution in [0.4, 0.5) is 0 Å². The second kappa shape index (κ2) is 3.50. The predicted octanol–water partition coefficient (Wildman–Crippen LogP) is 2.45. The summed E-state index contributed by atoms with van der Waals surface area (Å²) >= 11 is 0. The summed E-state index contributed by atoms with van der Waals surface area (Å²) in [6.07, 6.45) is 2.93. The van der Waals surface area contributed by atoms with Gasteiger partial charge in [0.25, 0.3) is 0 Å². The number of aliphatic carboxylic acids is 1. The van der Waals surface area contributed by atoms with E-state index in [0.717, 1.165) is 24.8 Å². The Morgan fingerprint density at radius 1 is 1.32 bits per heavy atom. The number of carboxylic acid groups (broad SMARTS) is 1. The van der Waals surface area contributed by atoms with Gasteiger partial charge in [0.1, 0.15) is 5.57 Å². The number of allylic oxidation sites excluding steroid dienone is 2. The quantitative estimate of drug-likeness (QED) is 0.737. The van der Waals surface area contributed by atoms with Crippen molar-refractivity contribution < 1.29 is 19.4 Å². The highest BCUT2D eigenvalue weighted by molar-refractivity contribution is 6.24. The van der Waals surface area contributed by atoms with E-state index in [1.165, 1.54) is 0 Å². The Hall–Kier alpha value is -1.58. The smallest absolute Gasteiger partial charge is 0.339 e. The highest BCUT2D eigenvalue weighted by Gasteiger charge is 2.56. The zero-order chi connectivity index (χ0) is 14.0. The van der Waals surface area contributed by atoms with Crippen LogP contribution in [0.1, 0.15) is 40.0 Å². The lowest BCUT2D eigenvalue weighted by Crippen LogP contribution is -2.41. The molecule has 2 aliphatic carbocycles. The molecular formula is C15H18O4. The first kappa shape index (κ1) is 12.5. The fraction of sp³-hybridized carbons (Fsp3) is 0.600. The van der Waals surface area contributed by atoms with Gasteiger partial charge in [0.05, 0.1) is 6.61 Å². The molecule has 3 aliphatic rings. The van der Waals surface area contributed by atoms with Gasteiger partial charge in [-0.1, -0.05) is 20.3 Å². The molecule has 3 rings (SSSR count). The van der Waals surface area contributed by atoms with Crippen molar-refractivity contribution in [1.29, 1.82) is 0 Å². The summed E-state index contributed by atoms with van der Waals surface area (Å²) in [6.45, 7) is 6.46. The maximum Gasteiger partial charge on any atom is 0.339 e. The molecule has 0 saturated heterocycles. The number of rotatable bonds is 1. The molecule has 0 spiro atoms. The van der Waals surface area contributed by atoms with E-state index >= 15 is 0 Å². The molecule has 1 heterocycles. The minimum atomic E-state index is -1.14. The Morgan fingerprint density at radius 2 is 2.00 bits per heavy atom. The number of ether oxygens (including phenoxy) is 1. The third kappa shape index (κ3) is 1.34. The standard InChI is InChI=1S/C15H18O4/c1-8-9(13(17)18)10(16)11-12-14(2,7-19-11)5-4-6-15(8,12)3/h4-7H2,1-3H3,(H,17,18)/t14-,15+/m0/s1. The molecule has 1 saturated carbocycles. The maximum atomic E-state index is 12.4. The Bertz CT molecular complexity index is 569. The van der Waals surface area contributed by atoms with E-state index in [1.54, 1.807) is 6.92 Å². The van der Waals surface area contributed by atoms with Crippen LogP contribution in [-0.2, 0) is 14.3 Å². The topological polar surface area (TPSA) is 63.6 Å². The number of carbonyl (C=O) groups is 2. The number of carboxylic acids is 1. The minimum absolute atomic E-state index is 0.0904. The van der Waals surface area contributed by atoms with E-state index in [4.69, 9.17) is 4.74 Å². The van der Waals surface area contributed by atoms with Crippen LogP contribution in [-0.4, -0.2) is 23.5 Å². The number of Topliss-reactive ketones (excluding diaryl/α,β-unsaturated/α-hetero) is 1. The molecule has 4 nitrogen and oxygen atoms in total. The molecule has 0 amide bonds. The van der Waals surface area contributed by atoms with Crippen LogP contribution in [0.5, 0.6) is 0 Å². The molecule has 0 aromatic heterocycles. The molecule has 0 radical (unpaired) electrons. The second-order valence-electron chi connectivity index (χ2n) is 6.37. The second-order valence-corrected chi connectivity index (χ2v) is 6.37. The van der Waals surface area contributed by atoms with Crippen LogP contribution in [0.15, 0.2) is 22.5 Å². The Balaban J connectivity index is 2.27. The van der Waals surface area contributed by atoms with Gasteiger partial charge in [-0.2, -0.15) is 0 Å². The first-order valence-electron chi connectivity index (χ1n) is 6.69. The largest absolute Gasteiger partial charge is 0.489 e. The van der Waals surface area contributed by atoms with Crippen molar-refractivity contribution in [3.05, 3.63) is 22.5 Å². The third-order valence-corrected chi connectivity index (χ3v) is 5.17. The van der Waals surface area contributed by atoms with Crippen molar-refractivity contribution in [3.63, 3.8) is 0 Å². The van der Waals surface area contributed by atoms with Crippen LogP contribution in [0.3, 0.4) is 0 Å². The molecule has 2 atom stereocenters. The van der Waals surface area contributed by atoms with Crippen LogP contribution >= 0.6 is 0 Å². The molecule has 0 aromatic rings. The van der Waals surface area contributed by atoms with E-state index in [-0.39, 0.29) is 16.4 Å². The van der Waals surface area contributed by atoms with E-state index in [0.29, 0.717) is 17.9 Å². The molecular weight excluding hydrogens is 244 g/mol. The fourth-order valence-corrected chi connectivity index (χ4v) is 4.09. The Labute approximate surface area is 112 Å². The van der Waals surface area contributed by atoms with E-state index < -0.39 is 11.8 Å². The van der Waals surface area contributed by atoms with Crippen LogP contribution < -0.4 is 0 Å². The van der Waals surface area contributed by atoms with E-state index in [1.807, 2.05) is 0 Å². The summed E-state index contributed by atoms with van der Waals surface area (Å²) in [5, 5.41) is 9.32. The van der Waals surface area contributed by atoms with Gasteiger partial charge in [-0.15, -0.1) is 0 Å². The third-order valence-electron chi connectivity index (χ3n) is 5.17. The van der Waals surface area contributed by atoms with Gasteiger partial charge in [0.15, 0.2) is 5.76 Å². The van der Waals surface area contributed by atoms with Crippen molar-refractivity contribution in [3.8, 4) is 0 Å². The van der Waals surface area contributed by atoms with Gasteiger partial charge in [-0.05, 0) is 30.9 Å². The molecule has 1 aliphatic heterocycles. The summed E-state index contributed by atoms with van der Waals surface area (Å²) in [5.74, 6) is -1.27. The zero-order valence-electron chi connectivity index (χ0n) is 11.5. The average molecular weight is 262 g/mol. The van der Waals surface area contributed by atoms with Gasteiger partial charge < -0.3 is 9.84 Å². The molecule has 1 fully saturated rings. The zero-order valence-corrected chi connectivity index (χ0v) is 11.5. The lowest BCUT2D eigenvalue weighted by molar-refractivity contribution is -0.134. The van der Waals surface area contributed by atoms with Gasteiger partial charge in [-0.25, -0.2) is 4.79 Å². The van der Waals surface area contributed by atoms with E-state index in [2.05, 4.69) is 13.8 Å². The van der Waals surface area contributed by atoms with Gasteiger partial charge in [0, 0.05) is 10.8 Å². The normalized spacial score (nSPS) is 37.3. The van der Waals surface area contributed by atoms with Crippen LogP contribution in [0.2, 0.25) is 0 Å². The van der Waals surface area contributed by atoms with Gasteiger partial charge in [0.2, 0.25) is 5.78 Å². The highest BCUT2D eigenvalue weighted by Crippen LogP contribution is 2.61. The maximum absolute atomic E-state index is 12.4. The molecule has 0 aromatic carbocycles. The van der Waals surface area contributed by atoms with Crippen LogP contribution in [0, 0.1) is 10.8 Å². The molecule has 1 N–H and O–H groups in total.